The Morgan fingerprint density at radius 2 is 1.74 bits per heavy atom. The minimum absolute atomic E-state index is 0.00174. The van der Waals surface area contributed by atoms with Crippen LogP contribution >= 0.6 is 23.4 Å². The van der Waals surface area contributed by atoms with Gasteiger partial charge in [-0.1, -0.05) is 84.0 Å². The van der Waals surface area contributed by atoms with Gasteiger partial charge in [0.2, 0.25) is 5.91 Å². The second-order valence-corrected chi connectivity index (χ2v) is 9.57. The van der Waals surface area contributed by atoms with Crippen molar-refractivity contribution in [3.63, 3.8) is 0 Å². The maximum atomic E-state index is 13.4. The van der Waals surface area contributed by atoms with Gasteiger partial charge in [-0.05, 0) is 35.7 Å². The number of nitrogens with zero attached hydrogens (tertiary/aromatic N) is 3. The van der Waals surface area contributed by atoms with Gasteiger partial charge in [0, 0.05) is 22.9 Å². The topological polar surface area (TPSA) is 74.1 Å². The fourth-order valence-corrected chi connectivity index (χ4v) is 5.31. The van der Waals surface area contributed by atoms with Crippen LogP contribution in [0.3, 0.4) is 0 Å². The number of hydrogen-bond donors (Lipinski definition) is 1. The number of halogens is 1. The number of carbonyl (C=O) groups is 2. The number of carbonyl (C=O) groups excluding carboxylic acids is 2. The van der Waals surface area contributed by atoms with E-state index >= 15 is 0 Å². The van der Waals surface area contributed by atoms with Crippen LogP contribution in [0.4, 0.5) is 5.69 Å². The molecule has 1 N–H and O–H groups in total. The molecule has 0 fully saturated rings. The SMILES string of the molecule is O=C(C[C@@H]1N=C2c3ccccc3N=C(SCc3ccccc3Cl)N2C1=O)NCCc1ccccc1. The highest BCUT2D eigenvalue weighted by Gasteiger charge is 2.42. The van der Waals surface area contributed by atoms with E-state index in [-0.39, 0.29) is 18.2 Å². The number of amidine groups is 2. The van der Waals surface area contributed by atoms with Crippen LogP contribution in [0, 0.1) is 0 Å². The van der Waals surface area contributed by atoms with E-state index in [0.717, 1.165) is 28.8 Å². The number of para-hydroxylation sites is 1. The Kier molecular flexibility index (Phi) is 6.97. The van der Waals surface area contributed by atoms with Gasteiger partial charge < -0.3 is 5.32 Å². The number of fused-ring (bicyclic) bond motifs is 3. The smallest absolute Gasteiger partial charge is 0.259 e. The molecular weight excluding hydrogens is 480 g/mol. The summed E-state index contributed by atoms with van der Waals surface area (Å²) in [6.45, 7) is 0.507. The van der Waals surface area contributed by atoms with Gasteiger partial charge in [-0.2, -0.15) is 0 Å². The van der Waals surface area contributed by atoms with Gasteiger partial charge in [-0.15, -0.1) is 0 Å². The fraction of sp³-hybridized carbons (Fsp3) is 0.185. The first-order valence-electron chi connectivity index (χ1n) is 11.4. The standard InChI is InChI=1S/C27H23ClN4O2S/c28-21-12-6-4-10-19(21)17-35-27-31-22-13-7-5-11-20(22)25-30-23(26(34)32(25)27)16-24(33)29-15-14-18-8-2-1-3-9-18/h1-13,23H,14-17H2,(H,29,33)/t23-/m0/s1. The van der Waals surface area contributed by atoms with Crippen molar-refractivity contribution in [3.05, 3.63) is 101 Å². The normalized spacial score (nSPS) is 16.3. The second kappa shape index (κ2) is 10.5. The molecule has 0 aromatic heterocycles. The quantitative estimate of drug-likeness (QED) is 0.495. The Morgan fingerprint density at radius 3 is 2.57 bits per heavy atom. The molecule has 5 rings (SSSR count). The summed E-state index contributed by atoms with van der Waals surface area (Å²) in [6.07, 6.45) is 0.729. The van der Waals surface area contributed by atoms with Gasteiger partial charge in [0.15, 0.2) is 5.17 Å². The molecule has 0 radical (unpaired) electrons. The summed E-state index contributed by atoms with van der Waals surface area (Å²) in [4.78, 5) is 37.0. The van der Waals surface area contributed by atoms with Gasteiger partial charge in [0.05, 0.1) is 12.1 Å². The van der Waals surface area contributed by atoms with Crippen molar-refractivity contribution >= 4 is 51.9 Å². The molecule has 0 saturated heterocycles. The number of benzene rings is 3. The lowest BCUT2D eigenvalue weighted by Gasteiger charge is -2.25. The average molecular weight is 503 g/mol. The molecule has 2 aliphatic heterocycles. The highest BCUT2D eigenvalue weighted by Crippen LogP contribution is 2.35. The number of aliphatic imine (C=N–C) groups is 2. The molecule has 8 heteroatoms. The van der Waals surface area contributed by atoms with Crippen LogP contribution in [0.5, 0.6) is 0 Å². The summed E-state index contributed by atoms with van der Waals surface area (Å²) in [5, 5.41) is 4.13. The Hall–Kier alpha value is -3.42. The summed E-state index contributed by atoms with van der Waals surface area (Å²) in [5.41, 5.74) is 3.65. The monoisotopic (exact) mass is 502 g/mol. The van der Waals surface area contributed by atoms with E-state index in [1.165, 1.54) is 11.8 Å². The van der Waals surface area contributed by atoms with E-state index < -0.39 is 6.04 Å². The number of nitrogens with one attached hydrogen (secondary N) is 1. The second-order valence-electron chi connectivity index (χ2n) is 8.22. The van der Waals surface area contributed by atoms with Crippen molar-refractivity contribution in [2.24, 2.45) is 9.98 Å². The van der Waals surface area contributed by atoms with E-state index in [1.54, 1.807) is 4.90 Å². The molecule has 2 aliphatic rings. The van der Waals surface area contributed by atoms with Crippen LogP contribution in [0.2, 0.25) is 5.02 Å². The average Bonchev–Trinajstić information content (AvgIpc) is 3.20. The van der Waals surface area contributed by atoms with Crippen molar-refractivity contribution in [3.8, 4) is 0 Å². The van der Waals surface area contributed by atoms with Gasteiger partial charge in [-0.25, -0.2) is 9.89 Å². The molecule has 3 aromatic rings. The molecule has 3 aromatic carbocycles. The number of amides is 2. The fourth-order valence-electron chi connectivity index (χ4n) is 4.03. The Bertz CT molecular complexity index is 1330. The van der Waals surface area contributed by atoms with Gasteiger partial charge in [-0.3, -0.25) is 14.6 Å². The van der Waals surface area contributed by atoms with E-state index in [0.29, 0.717) is 28.3 Å². The summed E-state index contributed by atoms with van der Waals surface area (Å²) >= 11 is 7.75. The lowest BCUT2D eigenvalue weighted by atomic mass is 10.1. The van der Waals surface area contributed by atoms with Crippen molar-refractivity contribution in [1.29, 1.82) is 0 Å². The third-order valence-corrected chi connectivity index (χ3v) is 7.18. The van der Waals surface area contributed by atoms with E-state index in [9.17, 15) is 9.59 Å². The summed E-state index contributed by atoms with van der Waals surface area (Å²) in [6, 6.07) is 24.4. The number of rotatable bonds is 7. The van der Waals surface area contributed by atoms with E-state index in [4.69, 9.17) is 16.6 Å². The van der Waals surface area contributed by atoms with Gasteiger partial charge in [0.25, 0.3) is 5.91 Å². The Morgan fingerprint density at radius 1 is 1.00 bits per heavy atom. The first-order valence-corrected chi connectivity index (χ1v) is 12.7. The van der Waals surface area contributed by atoms with Crippen molar-refractivity contribution < 1.29 is 9.59 Å². The first-order chi connectivity index (χ1) is 17.1. The Balaban J connectivity index is 1.30. The molecule has 0 spiro atoms. The highest BCUT2D eigenvalue weighted by molar-refractivity contribution is 8.13. The molecule has 1 atom stereocenters. The van der Waals surface area contributed by atoms with Crippen LogP contribution in [0.15, 0.2) is 88.8 Å². The molecule has 2 amide bonds. The number of hydrogen-bond acceptors (Lipinski definition) is 5. The van der Waals surface area contributed by atoms with Gasteiger partial charge >= 0.3 is 0 Å². The zero-order valence-electron chi connectivity index (χ0n) is 18.9. The molecule has 35 heavy (non-hydrogen) atoms. The molecule has 0 saturated carbocycles. The zero-order valence-corrected chi connectivity index (χ0v) is 20.4. The summed E-state index contributed by atoms with van der Waals surface area (Å²) in [5.74, 6) is 0.670. The zero-order chi connectivity index (χ0) is 24.2. The lowest BCUT2D eigenvalue weighted by molar-refractivity contribution is -0.128. The number of thioether (sulfide) groups is 1. The van der Waals surface area contributed by atoms with Crippen molar-refractivity contribution in [2.45, 2.75) is 24.6 Å². The molecular formula is C27H23ClN4O2S. The maximum Gasteiger partial charge on any atom is 0.259 e. The van der Waals surface area contributed by atoms with E-state index in [1.807, 2.05) is 78.9 Å². The third kappa shape index (κ3) is 5.16. The largest absolute Gasteiger partial charge is 0.356 e. The minimum Gasteiger partial charge on any atom is -0.356 e. The minimum atomic E-state index is -0.779. The molecule has 0 unspecified atom stereocenters. The van der Waals surface area contributed by atoms with E-state index in [2.05, 4.69) is 10.3 Å². The van der Waals surface area contributed by atoms with Gasteiger partial charge in [0.1, 0.15) is 11.9 Å². The molecule has 2 heterocycles. The van der Waals surface area contributed by atoms with Crippen LogP contribution in [0.25, 0.3) is 0 Å². The first kappa shape index (κ1) is 23.3. The molecule has 0 aliphatic carbocycles. The predicted octanol–water partition coefficient (Wildman–Crippen LogP) is 4.98. The summed E-state index contributed by atoms with van der Waals surface area (Å²) in [7, 11) is 0. The van der Waals surface area contributed by atoms with Crippen LogP contribution in [-0.2, 0) is 21.8 Å². The third-order valence-electron chi connectivity index (χ3n) is 5.82. The van der Waals surface area contributed by atoms with Crippen molar-refractivity contribution in [2.75, 3.05) is 6.54 Å². The lowest BCUT2D eigenvalue weighted by Crippen LogP contribution is -2.42. The van der Waals surface area contributed by atoms with Crippen LogP contribution < -0.4 is 5.32 Å². The molecule has 0 bridgehead atoms. The Labute approximate surface area is 213 Å². The highest BCUT2D eigenvalue weighted by atomic mass is 35.5. The summed E-state index contributed by atoms with van der Waals surface area (Å²) < 4.78 is 0. The van der Waals surface area contributed by atoms with Crippen LogP contribution in [-0.4, -0.2) is 40.3 Å². The molecule has 176 valence electrons. The van der Waals surface area contributed by atoms with Crippen molar-refractivity contribution in [1.82, 2.24) is 10.2 Å². The maximum absolute atomic E-state index is 13.4. The van der Waals surface area contributed by atoms with Crippen LogP contribution in [0.1, 0.15) is 23.1 Å². The predicted molar refractivity (Wildman–Crippen MR) is 141 cm³/mol. The molecule has 6 nitrogen and oxygen atoms in total.